The molecular formula is C18H16Cl3NO4. The molecule has 0 fully saturated rings. The van der Waals surface area contributed by atoms with Gasteiger partial charge >= 0.3 is 12.1 Å². The normalized spacial score (nSPS) is 12.2. The van der Waals surface area contributed by atoms with Crippen LogP contribution in [-0.2, 0) is 14.3 Å². The molecule has 0 saturated heterocycles. The Morgan fingerprint density at radius 1 is 1.00 bits per heavy atom. The van der Waals surface area contributed by atoms with Gasteiger partial charge in [-0.3, -0.25) is 0 Å². The molecule has 1 amide bonds. The first kappa shape index (κ1) is 20.4. The third-order valence-corrected chi connectivity index (χ3v) is 3.74. The minimum Gasteiger partial charge on any atom is -0.467 e. The van der Waals surface area contributed by atoms with Crippen LogP contribution in [0.5, 0.6) is 0 Å². The van der Waals surface area contributed by atoms with Gasteiger partial charge in [0.15, 0.2) is 6.04 Å². The summed E-state index contributed by atoms with van der Waals surface area (Å²) in [6, 6.07) is 15.8. The SMILES string of the molecule is COC(=O)C(NC(=O)OCC(Cl)(Cl)Cl)c1ccc(-c2ccccc2)cc1. The van der Waals surface area contributed by atoms with E-state index >= 15 is 0 Å². The average Bonchev–Trinajstić information content (AvgIpc) is 2.64. The molecule has 0 aromatic heterocycles. The van der Waals surface area contributed by atoms with E-state index in [1.54, 1.807) is 12.1 Å². The molecule has 2 aromatic rings. The number of hydrogen-bond donors (Lipinski definition) is 1. The number of carbonyl (C=O) groups is 2. The molecule has 1 N–H and O–H groups in total. The Morgan fingerprint density at radius 3 is 2.12 bits per heavy atom. The van der Waals surface area contributed by atoms with E-state index in [9.17, 15) is 9.59 Å². The van der Waals surface area contributed by atoms with Crippen LogP contribution in [0.4, 0.5) is 4.79 Å². The van der Waals surface area contributed by atoms with Crippen LogP contribution in [0, 0.1) is 0 Å². The lowest BCUT2D eigenvalue weighted by Gasteiger charge is -2.18. The van der Waals surface area contributed by atoms with Crippen molar-refractivity contribution in [3.63, 3.8) is 0 Å². The monoisotopic (exact) mass is 415 g/mol. The van der Waals surface area contributed by atoms with Gasteiger partial charge in [0.2, 0.25) is 3.79 Å². The fraction of sp³-hybridized carbons (Fsp3) is 0.222. The lowest BCUT2D eigenvalue weighted by Crippen LogP contribution is -2.36. The number of methoxy groups -OCH3 is 1. The Labute approximate surface area is 166 Å². The number of esters is 1. The lowest BCUT2D eigenvalue weighted by atomic mass is 10.0. The van der Waals surface area contributed by atoms with Crippen molar-refractivity contribution < 1.29 is 19.1 Å². The summed E-state index contributed by atoms with van der Waals surface area (Å²) in [4.78, 5) is 23.9. The van der Waals surface area contributed by atoms with Crippen LogP contribution in [0.15, 0.2) is 54.6 Å². The van der Waals surface area contributed by atoms with Gasteiger partial charge in [-0.2, -0.15) is 0 Å². The van der Waals surface area contributed by atoms with Crippen LogP contribution in [0.2, 0.25) is 0 Å². The molecular weight excluding hydrogens is 401 g/mol. The predicted molar refractivity (Wildman–Crippen MR) is 101 cm³/mol. The van der Waals surface area contributed by atoms with Gasteiger partial charge in [0, 0.05) is 0 Å². The fourth-order valence-electron chi connectivity index (χ4n) is 2.20. The van der Waals surface area contributed by atoms with Crippen molar-refractivity contribution in [1.29, 1.82) is 0 Å². The van der Waals surface area contributed by atoms with Crippen LogP contribution < -0.4 is 5.32 Å². The van der Waals surface area contributed by atoms with Crippen molar-refractivity contribution in [2.75, 3.05) is 13.7 Å². The average molecular weight is 417 g/mol. The summed E-state index contributed by atoms with van der Waals surface area (Å²) in [7, 11) is 1.22. The number of rotatable bonds is 5. The molecule has 0 spiro atoms. The highest BCUT2D eigenvalue weighted by Gasteiger charge is 2.27. The summed E-state index contributed by atoms with van der Waals surface area (Å²) >= 11 is 16.6. The second-order valence-electron chi connectivity index (χ2n) is 5.28. The molecule has 0 aliphatic carbocycles. The molecule has 26 heavy (non-hydrogen) atoms. The highest BCUT2D eigenvalue weighted by atomic mass is 35.6. The Kier molecular flexibility index (Phi) is 7.14. The van der Waals surface area contributed by atoms with E-state index in [4.69, 9.17) is 44.3 Å². The van der Waals surface area contributed by atoms with Gasteiger partial charge in [-0.25, -0.2) is 9.59 Å². The van der Waals surface area contributed by atoms with E-state index in [0.717, 1.165) is 11.1 Å². The van der Waals surface area contributed by atoms with Gasteiger partial charge in [-0.15, -0.1) is 0 Å². The molecule has 0 saturated carbocycles. The number of nitrogens with one attached hydrogen (secondary N) is 1. The zero-order valence-electron chi connectivity index (χ0n) is 13.7. The predicted octanol–water partition coefficient (Wildman–Crippen LogP) is 4.66. The highest BCUT2D eigenvalue weighted by molar-refractivity contribution is 6.67. The van der Waals surface area contributed by atoms with Crippen LogP contribution in [0.25, 0.3) is 11.1 Å². The maximum atomic E-state index is 12.0. The van der Waals surface area contributed by atoms with Crippen molar-refractivity contribution >= 4 is 46.9 Å². The molecule has 0 aliphatic rings. The number of alkyl carbamates (subject to hydrolysis) is 1. The van der Waals surface area contributed by atoms with E-state index < -0.39 is 28.5 Å². The van der Waals surface area contributed by atoms with Gasteiger partial charge < -0.3 is 14.8 Å². The summed E-state index contributed by atoms with van der Waals surface area (Å²) in [5.74, 6) is -0.650. The molecule has 0 bridgehead atoms. The number of hydrogen-bond acceptors (Lipinski definition) is 4. The third kappa shape index (κ3) is 6.09. The first-order chi connectivity index (χ1) is 12.3. The largest absolute Gasteiger partial charge is 0.467 e. The van der Waals surface area contributed by atoms with Crippen molar-refractivity contribution in [3.05, 3.63) is 60.2 Å². The van der Waals surface area contributed by atoms with Gasteiger partial charge in [0.1, 0.15) is 6.61 Å². The zero-order valence-corrected chi connectivity index (χ0v) is 16.0. The molecule has 1 atom stereocenters. The molecule has 0 aliphatic heterocycles. The lowest BCUT2D eigenvalue weighted by molar-refractivity contribution is -0.143. The zero-order chi connectivity index (χ0) is 19.2. The highest BCUT2D eigenvalue weighted by Crippen LogP contribution is 2.26. The van der Waals surface area contributed by atoms with Gasteiger partial charge in [0.25, 0.3) is 0 Å². The van der Waals surface area contributed by atoms with Crippen molar-refractivity contribution in [1.82, 2.24) is 5.32 Å². The minimum absolute atomic E-state index is 0.454. The third-order valence-electron chi connectivity index (χ3n) is 3.42. The molecule has 0 radical (unpaired) electrons. The Balaban J connectivity index is 2.14. The summed E-state index contributed by atoms with van der Waals surface area (Å²) in [5, 5.41) is 2.40. The minimum atomic E-state index is -1.74. The fourth-order valence-corrected chi connectivity index (χ4v) is 2.37. The number of amides is 1. The summed E-state index contributed by atoms with van der Waals surface area (Å²) in [6.45, 7) is -0.454. The summed E-state index contributed by atoms with van der Waals surface area (Å²) in [5.41, 5.74) is 2.53. The number of alkyl halides is 3. The van der Waals surface area contributed by atoms with E-state index in [-0.39, 0.29) is 0 Å². The molecule has 1 unspecified atom stereocenters. The first-order valence-electron chi connectivity index (χ1n) is 7.53. The second-order valence-corrected chi connectivity index (χ2v) is 7.80. The molecule has 8 heteroatoms. The maximum Gasteiger partial charge on any atom is 0.408 e. The van der Waals surface area contributed by atoms with E-state index in [1.807, 2.05) is 42.5 Å². The molecule has 138 valence electrons. The Morgan fingerprint density at radius 2 is 1.58 bits per heavy atom. The summed E-state index contributed by atoms with van der Waals surface area (Å²) in [6.07, 6.45) is -0.904. The van der Waals surface area contributed by atoms with Crippen LogP contribution in [-0.4, -0.2) is 29.6 Å². The van der Waals surface area contributed by atoms with Gasteiger partial charge in [-0.1, -0.05) is 89.4 Å². The molecule has 2 rings (SSSR count). The number of halogens is 3. The van der Waals surface area contributed by atoms with Crippen LogP contribution in [0.3, 0.4) is 0 Å². The Hall–Kier alpha value is -1.95. The van der Waals surface area contributed by atoms with Crippen molar-refractivity contribution in [2.45, 2.75) is 9.83 Å². The number of carbonyl (C=O) groups excluding carboxylic acids is 2. The van der Waals surface area contributed by atoms with Gasteiger partial charge in [0.05, 0.1) is 7.11 Å². The molecule has 2 aromatic carbocycles. The van der Waals surface area contributed by atoms with E-state index in [0.29, 0.717) is 5.56 Å². The standard InChI is InChI=1S/C18H16Cl3NO4/c1-25-16(23)15(22-17(24)26-11-18(19,20)21)14-9-7-13(8-10-14)12-5-3-2-4-6-12/h2-10,15H,11H2,1H3,(H,22,24). The summed E-state index contributed by atoms with van der Waals surface area (Å²) < 4.78 is 7.79. The molecule has 5 nitrogen and oxygen atoms in total. The number of ether oxygens (including phenoxy) is 2. The smallest absolute Gasteiger partial charge is 0.408 e. The Bertz CT molecular complexity index is 745. The van der Waals surface area contributed by atoms with E-state index in [1.165, 1.54) is 7.11 Å². The van der Waals surface area contributed by atoms with Crippen molar-refractivity contribution in [3.8, 4) is 11.1 Å². The molecule has 0 heterocycles. The van der Waals surface area contributed by atoms with E-state index in [2.05, 4.69) is 5.32 Å². The van der Waals surface area contributed by atoms with Crippen LogP contribution in [0.1, 0.15) is 11.6 Å². The maximum absolute atomic E-state index is 12.0. The van der Waals surface area contributed by atoms with Crippen molar-refractivity contribution in [2.24, 2.45) is 0 Å². The second kappa shape index (κ2) is 9.12. The van der Waals surface area contributed by atoms with Gasteiger partial charge in [-0.05, 0) is 16.7 Å². The topological polar surface area (TPSA) is 64.6 Å². The number of benzene rings is 2. The quantitative estimate of drug-likeness (QED) is 0.568. The first-order valence-corrected chi connectivity index (χ1v) is 8.67. The van der Waals surface area contributed by atoms with Crippen LogP contribution >= 0.6 is 34.8 Å².